The second kappa shape index (κ2) is 7.69. The number of amidine groups is 1. The van der Waals surface area contributed by atoms with E-state index in [2.05, 4.69) is 9.98 Å². The number of hydrogen-bond donors (Lipinski definition) is 0. The van der Waals surface area contributed by atoms with Gasteiger partial charge in [0.2, 0.25) is 0 Å². The molecule has 146 valence electrons. The SMILES string of the molecule is O=C1/C(=C/c2ccccc2Cl)N=C(c2ccccc2)N1c1nc2cc(Cl)ccc2s1. The normalized spacial score (nSPS) is 15.3. The maximum atomic E-state index is 13.4. The molecule has 0 bridgehead atoms. The van der Waals surface area contributed by atoms with Crippen molar-refractivity contribution in [2.24, 2.45) is 4.99 Å². The van der Waals surface area contributed by atoms with Crippen molar-refractivity contribution in [3.63, 3.8) is 0 Å². The number of nitrogens with zero attached hydrogens (tertiary/aromatic N) is 3. The molecule has 0 saturated carbocycles. The lowest BCUT2D eigenvalue weighted by Crippen LogP contribution is -2.32. The number of thiazole rings is 1. The van der Waals surface area contributed by atoms with Gasteiger partial charge in [0.25, 0.3) is 5.91 Å². The molecule has 0 fully saturated rings. The molecule has 0 atom stereocenters. The van der Waals surface area contributed by atoms with E-state index < -0.39 is 0 Å². The van der Waals surface area contributed by atoms with Gasteiger partial charge in [-0.25, -0.2) is 14.9 Å². The summed E-state index contributed by atoms with van der Waals surface area (Å²) in [5.74, 6) is 0.281. The number of benzene rings is 3. The van der Waals surface area contributed by atoms with Crippen LogP contribution in [0.1, 0.15) is 11.1 Å². The summed E-state index contributed by atoms with van der Waals surface area (Å²) in [7, 11) is 0. The van der Waals surface area contributed by atoms with Crippen LogP contribution in [0.3, 0.4) is 0 Å². The summed E-state index contributed by atoms with van der Waals surface area (Å²) in [6.07, 6.45) is 1.71. The molecule has 0 aliphatic carbocycles. The third kappa shape index (κ3) is 3.41. The first-order valence-corrected chi connectivity index (χ1v) is 10.7. The number of amides is 1. The van der Waals surface area contributed by atoms with Gasteiger partial charge in [0.1, 0.15) is 11.5 Å². The van der Waals surface area contributed by atoms with E-state index in [1.165, 1.54) is 11.3 Å². The van der Waals surface area contributed by atoms with Gasteiger partial charge >= 0.3 is 0 Å². The number of aromatic nitrogens is 1. The molecule has 1 aromatic heterocycles. The van der Waals surface area contributed by atoms with Crippen LogP contribution in [0.5, 0.6) is 0 Å². The molecule has 2 heterocycles. The zero-order valence-corrected chi connectivity index (χ0v) is 17.7. The minimum atomic E-state index is -0.251. The largest absolute Gasteiger partial charge is 0.284 e. The van der Waals surface area contributed by atoms with Gasteiger partial charge in [-0.1, -0.05) is 83.1 Å². The highest BCUT2D eigenvalue weighted by molar-refractivity contribution is 7.22. The predicted molar refractivity (Wildman–Crippen MR) is 125 cm³/mol. The average Bonchev–Trinajstić information content (AvgIpc) is 3.30. The molecule has 1 amide bonds. The highest BCUT2D eigenvalue weighted by atomic mass is 35.5. The van der Waals surface area contributed by atoms with Gasteiger partial charge in [-0.05, 0) is 35.9 Å². The first-order valence-electron chi connectivity index (χ1n) is 9.11. The molecule has 4 aromatic rings. The lowest BCUT2D eigenvalue weighted by Gasteiger charge is -2.14. The fourth-order valence-electron chi connectivity index (χ4n) is 3.20. The van der Waals surface area contributed by atoms with E-state index >= 15 is 0 Å². The standard InChI is InChI=1S/C23H13Cl2N3OS/c24-16-10-11-20-18(13-16)27-23(30-20)28-21(14-6-2-1-3-7-14)26-19(22(28)29)12-15-8-4-5-9-17(15)25/h1-13H/b19-12-. The number of aliphatic imine (C=N–C) groups is 1. The van der Waals surface area contributed by atoms with Gasteiger partial charge in [-0.3, -0.25) is 4.79 Å². The number of carbonyl (C=O) groups excluding carboxylic acids is 1. The molecule has 0 radical (unpaired) electrons. The van der Waals surface area contributed by atoms with Gasteiger partial charge < -0.3 is 0 Å². The Labute approximate surface area is 186 Å². The Bertz CT molecular complexity index is 1350. The third-order valence-electron chi connectivity index (χ3n) is 4.62. The number of carbonyl (C=O) groups is 1. The highest BCUT2D eigenvalue weighted by Crippen LogP contribution is 2.35. The van der Waals surface area contributed by atoms with E-state index in [4.69, 9.17) is 23.2 Å². The molecule has 3 aromatic carbocycles. The first kappa shape index (κ1) is 19.0. The maximum absolute atomic E-state index is 13.4. The number of rotatable bonds is 3. The molecule has 30 heavy (non-hydrogen) atoms. The molecule has 4 nitrogen and oxygen atoms in total. The van der Waals surface area contributed by atoms with E-state index in [1.807, 2.05) is 60.7 Å². The zero-order valence-electron chi connectivity index (χ0n) is 15.4. The molecule has 5 rings (SSSR count). The summed E-state index contributed by atoms with van der Waals surface area (Å²) in [6, 6.07) is 22.4. The fourth-order valence-corrected chi connectivity index (χ4v) is 4.50. The van der Waals surface area contributed by atoms with Gasteiger partial charge in [0.15, 0.2) is 5.13 Å². The van der Waals surface area contributed by atoms with Crippen LogP contribution in [0.25, 0.3) is 16.3 Å². The fraction of sp³-hybridized carbons (Fsp3) is 0. The monoisotopic (exact) mass is 449 g/mol. The lowest BCUT2D eigenvalue weighted by atomic mass is 10.2. The van der Waals surface area contributed by atoms with Crippen molar-refractivity contribution in [1.82, 2.24) is 4.98 Å². The smallest absolute Gasteiger partial charge is 0.266 e. The molecular weight excluding hydrogens is 437 g/mol. The number of hydrogen-bond acceptors (Lipinski definition) is 4. The molecular formula is C23H13Cl2N3OS. The van der Waals surface area contributed by atoms with E-state index in [1.54, 1.807) is 23.1 Å². The zero-order chi connectivity index (χ0) is 20.7. The average molecular weight is 450 g/mol. The first-order chi connectivity index (χ1) is 14.6. The van der Waals surface area contributed by atoms with Crippen molar-refractivity contribution >= 4 is 67.7 Å². The highest BCUT2D eigenvalue weighted by Gasteiger charge is 2.34. The van der Waals surface area contributed by atoms with Crippen molar-refractivity contribution in [2.75, 3.05) is 4.90 Å². The summed E-state index contributed by atoms with van der Waals surface area (Å²) < 4.78 is 0.943. The molecule has 0 unspecified atom stereocenters. The van der Waals surface area contributed by atoms with Crippen LogP contribution in [-0.2, 0) is 4.79 Å². The van der Waals surface area contributed by atoms with Gasteiger partial charge in [-0.2, -0.15) is 0 Å². The van der Waals surface area contributed by atoms with Crippen LogP contribution in [0, 0.1) is 0 Å². The lowest BCUT2D eigenvalue weighted by molar-refractivity contribution is -0.113. The van der Waals surface area contributed by atoms with E-state index in [0.29, 0.717) is 26.7 Å². The van der Waals surface area contributed by atoms with Crippen molar-refractivity contribution < 1.29 is 4.79 Å². The van der Waals surface area contributed by atoms with Crippen molar-refractivity contribution in [1.29, 1.82) is 0 Å². The molecule has 0 spiro atoms. The minimum absolute atomic E-state index is 0.251. The summed E-state index contributed by atoms with van der Waals surface area (Å²) in [5.41, 5.74) is 2.60. The Morgan fingerprint density at radius 1 is 0.933 bits per heavy atom. The summed E-state index contributed by atoms with van der Waals surface area (Å²) in [4.78, 5) is 24.2. The van der Waals surface area contributed by atoms with Crippen LogP contribution < -0.4 is 4.90 Å². The maximum Gasteiger partial charge on any atom is 0.284 e. The summed E-state index contributed by atoms with van der Waals surface area (Å²) in [5, 5.41) is 1.70. The minimum Gasteiger partial charge on any atom is -0.266 e. The van der Waals surface area contributed by atoms with Crippen LogP contribution in [-0.4, -0.2) is 16.7 Å². The van der Waals surface area contributed by atoms with Crippen molar-refractivity contribution in [3.05, 3.63) is 99.7 Å². The van der Waals surface area contributed by atoms with Crippen LogP contribution >= 0.6 is 34.5 Å². The van der Waals surface area contributed by atoms with Gasteiger partial charge in [0, 0.05) is 15.6 Å². The number of halogens is 2. The second-order valence-electron chi connectivity index (χ2n) is 6.60. The summed E-state index contributed by atoms with van der Waals surface area (Å²) >= 11 is 13.8. The van der Waals surface area contributed by atoms with Crippen molar-refractivity contribution in [3.8, 4) is 0 Å². The quantitative estimate of drug-likeness (QED) is 0.338. The van der Waals surface area contributed by atoms with E-state index in [-0.39, 0.29) is 5.91 Å². The van der Waals surface area contributed by atoms with Gasteiger partial charge in [0.05, 0.1) is 10.2 Å². The van der Waals surface area contributed by atoms with Gasteiger partial charge in [-0.15, -0.1) is 0 Å². The second-order valence-corrected chi connectivity index (χ2v) is 8.45. The molecule has 1 aliphatic heterocycles. The predicted octanol–water partition coefficient (Wildman–Crippen LogP) is 6.44. The number of fused-ring (bicyclic) bond motifs is 1. The summed E-state index contributed by atoms with van der Waals surface area (Å²) in [6.45, 7) is 0. The van der Waals surface area contributed by atoms with Crippen molar-refractivity contribution in [2.45, 2.75) is 0 Å². The third-order valence-corrected chi connectivity index (χ3v) is 6.22. The van der Waals surface area contributed by atoms with E-state index in [0.717, 1.165) is 21.3 Å². The molecule has 7 heteroatoms. The topological polar surface area (TPSA) is 45.6 Å². The van der Waals surface area contributed by atoms with E-state index in [9.17, 15) is 4.79 Å². The van der Waals surface area contributed by atoms with Crippen LogP contribution in [0.15, 0.2) is 83.5 Å². The Balaban J connectivity index is 1.66. The molecule has 0 N–H and O–H groups in total. The Morgan fingerprint density at radius 3 is 2.50 bits per heavy atom. The Morgan fingerprint density at radius 2 is 1.70 bits per heavy atom. The number of anilines is 1. The molecule has 0 saturated heterocycles. The molecule has 1 aliphatic rings. The van der Waals surface area contributed by atoms with Crippen LogP contribution in [0.4, 0.5) is 5.13 Å². The Hall–Kier alpha value is -2.99. The Kier molecular flexibility index (Phi) is 4.87. The van der Waals surface area contributed by atoms with Crippen LogP contribution in [0.2, 0.25) is 10.0 Å².